The summed E-state index contributed by atoms with van der Waals surface area (Å²) in [5, 5.41) is 48.2. The van der Waals surface area contributed by atoms with Crippen molar-refractivity contribution in [3.8, 4) is 0 Å². The molecule has 0 aliphatic carbocycles. The lowest BCUT2D eigenvalue weighted by Crippen LogP contribution is -2.46. The first-order valence-electron chi connectivity index (χ1n) is 15.1. The summed E-state index contributed by atoms with van der Waals surface area (Å²) >= 11 is 0. The van der Waals surface area contributed by atoms with Gasteiger partial charge in [-0.15, -0.1) is 0 Å². The summed E-state index contributed by atoms with van der Waals surface area (Å²) in [5.41, 5.74) is 0.862. The number of nitro benzene ring substituents is 4. The van der Waals surface area contributed by atoms with E-state index in [1.165, 1.54) is 24.3 Å². The van der Waals surface area contributed by atoms with Gasteiger partial charge in [-0.2, -0.15) is 0 Å². The third-order valence-electron chi connectivity index (χ3n) is 8.24. The highest BCUT2D eigenvalue weighted by Crippen LogP contribution is 2.33. The van der Waals surface area contributed by atoms with E-state index < -0.39 is 19.7 Å². The second-order valence-corrected chi connectivity index (χ2v) is 10.9. The van der Waals surface area contributed by atoms with Crippen LogP contribution < -0.4 is 19.6 Å². The molecule has 16 heteroatoms. The number of hydrogen-bond donors (Lipinski definition) is 0. The van der Waals surface area contributed by atoms with Gasteiger partial charge in [0.1, 0.15) is 22.7 Å². The molecule has 48 heavy (non-hydrogen) atoms. The van der Waals surface area contributed by atoms with Crippen LogP contribution in [-0.2, 0) is 0 Å². The van der Waals surface area contributed by atoms with Gasteiger partial charge in [0.15, 0.2) is 0 Å². The Morgan fingerprint density at radius 1 is 0.333 bits per heavy atom. The van der Waals surface area contributed by atoms with Gasteiger partial charge in [-0.05, 0) is 24.3 Å². The van der Waals surface area contributed by atoms with E-state index in [4.69, 9.17) is 0 Å². The molecule has 1 saturated heterocycles. The average Bonchev–Trinajstić information content (AvgIpc) is 3.08. The van der Waals surface area contributed by atoms with Crippen molar-refractivity contribution in [2.45, 2.75) is 0 Å². The van der Waals surface area contributed by atoms with Crippen molar-refractivity contribution in [1.82, 2.24) is 0 Å². The largest absolute Gasteiger partial charge is 0.362 e. The zero-order valence-electron chi connectivity index (χ0n) is 25.7. The SMILES string of the molecule is O=[N+]([O-])c1ccccc1N1CCN(c2ccccc2[N+](=O)[O-])CCN(c2ccccc2[N+](=O)[O-])CCN(c2ccccc2[N+](=O)[O-])CC1. The highest BCUT2D eigenvalue weighted by molar-refractivity contribution is 5.68. The maximum Gasteiger partial charge on any atom is 0.292 e. The lowest BCUT2D eigenvalue weighted by Gasteiger charge is -2.36. The molecule has 0 N–H and O–H groups in total. The normalized spacial score (nSPS) is 14.5. The number of nitrogens with zero attached hydrogens (tertiary/aromatic N) is 8. The molecule has 5 rings (SSSR count). The number of hydrogen-bond acceptors (Lipinski definition) is 12. The topological polar surface area (TPSA) is 186 Å². The predicted octanol–water partition coefficient (Wildman–Crippen LogP) is 5.66. The molecule has 0 bridgehead atoms. The second kappa shape index (κ2) is 14.8. The fraction of sp³-hybridized carbons (Fsp3) is 0.250. The molecular formula is C32H32N8O8. The molecule has 0 aromatic heterocycles. The molecule has 1 fully saturated rings. The first kappa shape index (κ1) is 33.1. The summed E-state index contributed by atoms with van der Waals surface area (Å²) < 4.78 is 0. The summed E-state index contributed by atoms with van der Waals surface area (Å²) in [6, 6.07) is 25.1. The Balaban J connectivity index is 1.61. The zero-order valence-corrected chi connectivity index (χ0v) is 25.7. The maximum atomic E-state index is 12.1. The molecule has 0 unspecified atom stereocenters. The van der Waals surface area contributed by atoms with E-state index in [2.05, 4.69) is 0 Å². The molecule has 16 nitrogen and oxygen atoms in total. The molecule has 1 aliphatic rings. The van der Waals surface area contributed by atoms with Crippen molar-refractivity contribution in [2.24, 2.45) is 0 Å². The van der Waals surface area contributed by atoms with Gasteiger partial charge in [-0.1, -0.05) is 48.5 Å². The first-order chi connectivity index (χ1) is 23.2. The second-order valence-electron chi connectivity index (χ2n) is 10.9. The minimum absolute atomic E-state index is 0.123. The Morgan fingerprint density at radius 3 is 0.667 bits per heavy atom. The van der Waals surface area contributed by atoms with Crippen molar-refractivity contribution in [3.05, 3.63) is 138 Å². The van der Waals surface area contributed by atoms with Crippen LogP contribution in [-0.4, -0.2) is 72.1 Å². The quantitative estimate of drug-likeness (QED) is 0.168. The average molecular weight is 657 g/mol. The van der Waals surface area contributed by atoms with Crippen LogP contribution in [0.3, 0.4) is 0 Å². The van der Waals surface area contributed by atoms with Gasteiger partial charge >= 0.3 is 0 Å². The monoisotopic (exact) mass is 656 g/mol. The van der Waals surface area contributed by atoms with Crippen LogP contribution in [0.2, 0.25) is 0 Å². The van der Waals surface area contributed by atoms with Crippen LogP contribution in [0.4, 0.5) is 45.5 Å². The molecule has 4 aromatic carbocycles. The van der Waals surface area contributed by atoms with Gasteiger partial charge < -0.3 is 19.6 Å². The lowest BCUT2D eigenvalue weighted by molar-refractivity contribution is -0.384. The molecule has 0 atom stereocenters. The van der Waals surface area contributed by atoms with Crippen molar-refractivity contribution in [2.75, 3.05) is 72.0 Å². The Bertz CT molecular complexity index is 1540. The predicted molar refractivity (Wildman–Crippen MR) is 181 cm³/mol. The van der Waals surface area contributed by atoms with Crippen LogP contribution in [0.5, 0.6) is 0 Å². The summed E-state index contributed by atoms with van der Waals surface area (Å²) in [5.74, 6) is 0. The third-order valence-corrected chi connectivity index (χ3v) is 8.24. The molecule has 4 aromatic rings. The van der Waals surface area contributed by atoms with Gasteiger partial charge in [0.05, 0.1) is 19.7 Å². The van der Waals surface area contributed by atoms with E-state index in [0.29, 0.717) is 22.7 Å². The van der Waals surface area contributed by atoms with E-state index in [0.717, 1.165) is 0 Å². The highest BCUT2D eigenvalue weighted by atomic mass is 16.6. The summed E-state index contributed by atoms with van der Waals surface area (Å²) in [4.78, 5) is 53.5. The number of rotatable bonds is 8. The van der Waals surface area contributed by atoms with Gasteiger partial charge in [-0.3, -0.25) is 40.5 Å². The van der Waals surface area contributed by atoms with Crippen molar-refractivity contribution >= 4 is 45.5 Å². The Labute approximate surface area is 274 Å². The zero-order chi connectivity index (χ0) is 34.2. The van der Waals surface area contributed by atoms with E-state index in [9.17, 15) is 40.5 Å². The third kappa shape index (κ3) is 7.38. The summed E-state index contributed by atoms with van der Waals surface area (Å²) in [6.07, 6.45) is 0. The molecule has 1 aliphatic heterocycles. The summed E-state index contributed by atoms with van der Waals surface area (Å²) in [6.45, 7) is 1.61. The van der Waals surface area contributed by atoms with Crippen LogP contribution >= 0.6 is 0 Å². The Morgan fingerprint density at radius 2 is 0.500 bits per heavy atom. The van der Waals surface area contributed by atoms with Gasteiger partial charge in [0.25, 0.3) is 22.7 Å². The maximum absolute atomic E-state index is 12.1. The van der Waals surface area contributed by atoms with Crippen LogP contribution in [0.1, 0.15) is 0 Å². The summed E-state index contributed by atoms with van der Waals surface area (Å²) in [7, 11) is 0. The van der Waals surface area contributed by atoms with E-state index in [-0.39, 0.29) is 75.1 Å². The van der Waals surface area contributed by atoms with Crippen molar-refractivity contribution < 1.29 is 19.7 Å². The number of para-hydroxylation sites is 8. The molecule has 0 saturated carbocycles. The molecule has 0 amide bonds. The van der Waals surface area contributed by atoms with Crippen LogP contribution in [0, 0.1) is 40.5 Å². The van der Waals surface area contributed by atoms with E-state index in [1.807, 2.05) is 19.6 Å². The van der Waals surface area contributed by atoms with Crippen LogP contribution in [0.15, 0.2) is 97.1 Å². The highest BCUT2D eigenvalue weighted by Gasteiger charge is 2.28. The van der Waals surface area contributed by atoms with Gasteiger partial charge in [0.2, 0.25) is 0 Å². The molecule has 1 heterocycles. The van der Waals surface area contributed by atoms with Gasteiger partial charge in [0, 0.05) is 76.6 Å². The molecular weight excluding hydrogens is 624 g/mol. The fourth-order valence-electron chi connectivity index (χ4n) is 5.92. The van der Waals surface area contributed by atoms with Gasteiger partial charge in [-0.25, -0.2) is 0 Å². The van der Waals surface area contributed by atoms with Crippen LogP contribution in [0.25, 0.3) is 0 Å². The first-order valence-corrected chi connectivity index (χ1v) is 15.1. The lowest BCUT2D eigenvalue weighted by atomic mass is 10.2. The van der Waals surface area contributed by atoms with Crippen molar-refractivity contribution in [3.63, 3.8) is 0 Å². The Hall–Kier alpha value is -6.32. The molecule has 0 radical (unpaired) electrons. The van der Waals surface area contributed by atoms with E-state index in [1.54, 1.807) is 72.8 Å². The number of benzene rings is 4. The number of anilines is 4. The molecule has 0 spiro atoms. The molecule has 248 valence electrons. The standard InChI is InChI=1S/C32H32N8O8/c41-37(42)29-13-5-1-9-25(29)33-17-19-34(26-10-2-6-14-30(26)38(43)44)21-23-36(28-12-4-8-16-32(28)40(47)48)24-22-35(20-18-33)27-11-3-7-15-31(27)39(45)46/h1-16H,17-24H2. The van der Waals surface area contributed by atoms with Crippen molar-refractivity contribution in [1.29, 1.82) is 0 Å². The smallest absolute Gasteiger partial charge is 0.292 e. The van der Waals surface area contributed by atoms with E-state index >= 15 is 0 Å². The minimum Gasteiger partial charge on any atom is -0.362 e. The Kier molecular flexibility index (Phi) is 10.2. The fourth-order valence-corrected chi connectivity index (χ4v) is 5.92. The number of nitro groups is 4. The minimum atomic E-state index is -0.476.